The molecule has 4 nitrogen and oxygen atoms in total. The van der Waals surface area contributed by atoms with Gasteiger partial charge < -0.3 is 14.4 Å². The van der Waals surface area contributed by atoms with Crippen LogP contribution in [0.25, 0.3) is 11.1 Å². The summed E-state index contributed by atoms with van der Waals surface area (Å²) in [5, 5.41) is 9.30. The third-order valence-electron chi connectivity index (χ3n) is 4.05. The Morgan fingerprint density at radius 2 is 1.96 bits per heavy atom. The van der Waals surface area contributed by atoms with Crippen LogP contribution in [0.4, 0.5) is 6.01 Å². The van der Waals surface area contributed by atoms with E-state index in [0.717, 1.165) is 16.7 Å². The highest BCUT2D eigenvalue weighted by atomic mass is 16.4. The van der Waals surface area contributed by atoms with Gasteiger partial charge in [-0.1, -0.05) is 36.4 Å². The summed E-state index contributed by atoms with van der Waals surface area (Å²) in [6.07, 6.45) is 0.671. The Kier molecular flexibility index (Phi) is 4.63. The highest BCUT2D eigenvalue weighted by Gasteiger charge is 2.20. The van der Waals surface area contributed by atoms with Crippen LogP contribution in [0.15, 0.2) is 52.9 Å². The molecule has 3 rings (SSSR count). The van der Waals surface area contributed by atoms with Crippen molar-refractivity contribution in [1.82, 2.24) is 4.98 Å². The Bertz CT molecular complexity index is 767. The number of oxazole rings is 1. The Hall–Kier alpha value is -2.33. The van der Waals surface area contributed by atoms with Crippen molar-refractivity contribution < 1.29 is 9.52 Å². The van der Waals surface area contributed by atoms with E-state index in [9.17, 15) is 5.11 Å². The summed E-state index contributed by atoms with van der Waals surface area (Å²) in [6, 6.07) is 17.0. The molecule has 1 heterocycles. The minimum Gasteiger partial charge on any atom is -0.423 e. The van der Waals surface area contributed by atoms with Crippen LogP contribution in [0, 0.1) is 6.92 Å². The first-order chi connectivity index (χ1) is 11.2. The van der Waals surface area contributed by atoms with E-state index in [1.54, 1.807) is 0 Å². The SMILES string of the molecule is Cc1ccc2oc(N(Cc3ccccc3)C(C)CCO)nc2c1. The minimum absolute atomic E-state index is 0.134. The van der Waals surface area contributed by atoms with Gasteiger partial charge in [0.2, 0.25) is 0 Å². The lowest BCUT2D eigenvalue weighted by molar-refractivity contribution is 0.274. The largest absolute Gasteiger partial charge is 0.423 e. The van der Waals surface area contributed by atoms with Gasteiger partial charge in [0.25, 0.3) is 6.01 Å². The van der Waals surface area contributed by atoms with E-state index in [0.29, 0.717) is 19.0 Å². The molecule has 3 aromatic rings. The number of fused-ring (bicyclic) bond motifs is 1. The van der Waals surface area contributed by atoms with Crippen molar-refractivity contribution in [3.05, 3.63) is 59.7 Å². The Morgan fingerprint density at radius 3 is 2.70 bits per heavy atom. The van der Waals surface area contributed by atoms with E-state index in [2.05, 4.69) is 28.9 Å². The van der Waals surface area contributed by atoms with E-state index >= 15 is 0 Å². The highest BCUT2D eigenvalue weighted by molar-refractivity contribution is 5.75. The zero-order valence-electron chi connectivity index (χ0n) is 13.6. The zero-order chi connectivity index (χ0) is 16.2. The van der Waals surface area contributed by atoms with Gasteiger partial charge in [-0.25, -0.2) is 0 Å². The van der Waals surface area contributed by atoms with E-state index in [1.807, 2.05) is 43.3 Å². The van der Waals surface area contributed by atoms with Gasteiger partial charge in [0, 0.05) is 19.2 Å². The van der Waals surface area contributed by atoms with Crippen molar-refractivity contribution in [2.24, 2.45) is 0 Å². The number of hydrogen-bond donors (Lipinski definition) is 1. The van der Waals surface area contributed by atoms with Crippen LogP contribution in [-0.4, -0.2) is 22.7 Å². The first kappa shape index (κ1) is 15.6. The molecule has 4 heteroatoms. The minimum atomic E-state index is 0.134. The number of aromatic nitrogens is 1. The molecule has 1 N–H and O–H groups in total. The molecule has 1 unspecified atom stereocenters. The van der Waals surface area contributed by atoms with Gasteiger partial charge in [0.15, 0.2) is 5.58 Å². The Morgan fingerprint density at radius 1 is 1.17 bits per heavy atom. The Balaban J connectivity index is 1.95. The molecule has 23 heavy (non-hydrogen) atoms. The summed E-state index contributed by atoms with van der Waals surface area (Å²) in [5.74, 6) is 0. The molecule has 0 spiro atoms. The number of anilines is 1. The third kappa shape index (κ3) is 3.54. The topological polar surface area (TPSA) is 49.5 Å². The second-order valence-electron chi connectivity index (χ2n) is 5.94. The average molecular weight is 310 g/mol. The van der Waals surface area contributed by atoms with E-state index in [-0.39, 0.29) is 12.6 Å². The second-order valence-corrected chi connectivity index (χ2v) is 5.94. The molecule has 0 fully saturated rings. The number of aliphatic hydroxyl groups excluding tert-OH is 1. The molecule has 0 amide bonds. The van der Waals surface area contributed by atoms with Gasteiger partial charge in [-0.3, -0.25) is 0 Å². The number of benzene rings is 2. The lowest BCUT2D eigenvalue weighted by atomic mass is 10.1. The molecule has 0 aliphatic heterocycles. The average Bonchev–Trinajstić information content (AvgIpc) is 2.96. The summed E-state index contributed by atoms with van der Waals surface area (Å²) >= 11 is 0. The van der Waals surface area contributed by atoms with Crippen molar-refractivity contribution in [3.8, 4) is 0 Å². The van der Waals surface area contributed by atoms with Crippen molar-refractivity contribution in [1.29, 1.82) is 0 Å². The van der Waals surface area contributed by atoms with E-state index in [4.69, 9.17) is 4.42 Å². The van der Waals surface area contributed by atoms with Crippen LogP contribution >= 0.6 is 0 Å². The van der Waals surface area contributed by atoms with E-state index in [1.165, 1.54) is 5.56 Å². The maximum absolute atomic E-state index is 9.30. The van der Waals surface area contributed by atoms with Crippen molar-refractivity contribution in [2.45, 2.75) is 32.9 Å². The molecule has 0 aliphatic rings. The fraction of sp³-hybridized carbons (Fsp3) is 0.316. The molecule has 0 saturated heterocycles. The summed E-state index contributed by atoms with van der Waals surface area (Å²) in [4.78, 5) is 6.76. The van der Waals surface area contributed by atoms with Crippen molar-refractivity contribution in [2.75, 3.05) is 11.5 Å². The van der Waals surface area contributed by atoms with Gasteiger partial charge in [-0.05, 0) is 43.5 Å². The lowest BCUT2D eigenvalue weighted by Gasteiger charge is -2.27. The zero-order valence-corrected chi connectivity index (χ0v) is 13.6. The maximum Gasteiger partial charge on any atom is 0.298 e. The number of nitrogens with zero attached hydrogens (tertiary/aromatic N) is 2. The predicted molar refractivity (Wildman–Crippen MR) is 92.5 cm³/mol. The van der Waals surface area contributed by atoms with Crippen LogP contribution in [-0.2, 0) is 6.54 Å². The van der Waals surface area contributed by atoms with Gasteiger partial charge in [-0.2, -0.15) is 4.98 Å². The Labute approximate surface area is 136 Å². The monoisotopic (exact) mass is 310 g/mol. The number of aliphatic hydroxyl groups is 1. The van der Waals surface area contributed by atoms with Crippen molar-refractivity contribution >= 4 is 17.1 Å². The first-order valence-corrected chi connectivity index (χ1v) is 7.96. The summed E-state index contributed by atoms with van der Waals surface area (Å²) in [7, 11) is 0. The number of aryl methyl sites for hydroxylation is 1. The fourth-order valence-corrected chi connectivity index (χ4v) is 2.68. The van der Waals surface area contributed by atoms with Crippen LogP contribution < -0.4 is 4.90 Å². The second kappa shape index (κ2) is 6.84. The third-order valence-corrected chi connectivity index (χ3v) is 4.05. The predicted octanol–water partition coefficient (Wildman–Crippen LogP) is 3.91. The molecule has 1 atom stereocenters. The summed E-state index contributed by atoms with van der Waals surface area (Å²) in [6.45, 7) is 4.97. The molecule has 0 saturated carbocycles. The standard InChI is InChI=1S/C19H22N2O2/c1-14-8-9-18-17(12-14)20-19(23-18)21(15(2)10-11-22)13-16-6-4-3-5-7-16/h3-9,12,15,22H,10-11,13H2,1-2H3. The molecule has 0 aliphatic carbocycles. The normalized spacial score (nSPS) is 12.5. The molecule has 0 bridgehead atoms. The molecule has 2 aromatic carbocycles. The van der Waals surface area contributed by atoms with E-state index < -0.39 is 0 Å². The fourth-order valence-electron chi connectivity index (χ4n) is 2.68. The maximum atomic E-state index is 9.30. The van der Waals surface area contributed by atoms with Gasteiger partial charge >= 0.3 is 0 Å². The summed E-state index contributed by atoms with van der Waals surface area (Å²) in [5.41, 5.74) is 4.01. The highest BCUT2D eigenvalue weighted by Crippen LogP contribution is 2.26. The smallest absolute Gasteiger partial charge is 0.298 e. The number of rotatable bonds is 6. The van der Waals surface area contributed by atoms with Gasteiger partial charge in [-0.15, -0.1) is 0 Å². The van der Waals surface area contributed by atoms with Crippen LogP contribution in [0.2, 0.25) is 0 Å². The molecule has 0 radical (unpaired) electrons. The van der Waals surface area contributed by atoms with Gasteiger partial charge in [0.05, 0.1) is 0 Å². The number of hydrogen-bond acceptors (Lipinski definition) is 4. The molecule has 120 valence electrons. The van der Waals surface area contributed by atoms with Gasteiger partial charge in [0.1, 0.15) is 5.52 Å². The van der Waals surface area contributed by atoms with Crippen molar-refractivity contribution in [3.63, 3.8) is 0 Å². The molecular weight excluding hydrogens is 288 g/mol. The quantitative estimate of drug-likeness (QED) is 0.750. The lowest BCUT2D eigenvalue weighted by Crippen LogP contribution is -2.33. The molecular formula is C19H22N2O2. The first-order valence-electron chi connectivity index (χ1n) is 7.96. The van der Waals surface area contributed by atoms with Crippen LogP contribution in [0.5, 0.6) is 0 Å². The molecule has 1 aromatic heterocycles. The van der Waals surface area contributed by atoms with Crippen LogP contribution in [0.3, 0.4) is 0 Å². The summed E-state index contributed by atoms with van der Waals surface area (Å²) < 4.78 is 5.96. The van der Waals surface area contributed by atoms with Crippen LogP contribution in [0.1, 0.15) is 24.5 Å².